The third-order valence-electron chi connectivity index (χ3n) is 6.18. The van der Waals surface area contributed by atoms with Crippen molar-refractivity contribution in [2.75, 3.05) is 18.0 Å². The van der Waals surface area contributed by atoms with Gasteiger partial charge in [0.05, 0.1) is 19.1 Å². The molecule has 0 saturated carbocycles. The summed E-state index contributed by atoms with van der Waals surface area (Å²) < 4.78 is 33.7. The maximum atomic E-state index is 15.1. The molecule has 2 aromatic carbocycles. The molecule has 2 aliphatic heterocycles. The van der Waals surface area contributed by atoms with Crippen LogP contribution in [-0.2, 0) is 6.54 Å². The van der Waals surface area contributed by atoms with Crippen molar-refractivity contribution >= 4 is 22.5 Å². The van der Waals surface area contributed by atoms with E-state index in [1.165, 1.54) is 6.07 Å². The first-order chi connectivity index (χ1) is 16.1. The molecule has 0 amide bonds. The highest BCUT2D eigenvalue weighted by Gasteiger charge is 2.31. The molecule has 8 heteroatoms. The highest BCUT2D eigenvalue weighted by Crippen LogP contribution is 2.38. The van der Waals surface area contributed by atoms with Gasteiger partial charge in [-0.15, -0.1) is 10.2 Å². The minimum atomic E-state index is -1.07. The molecule has 170 valence electrons. The molecule has 0 N–H and O–H groups in total. The minimum absolute atomic E-state index is 0.219. The van der Waals surface area contributed by atoms with Crippen molar-refractivity contribution in [1.82, 2.24) is 19.1 Å². The van der Waals surface area contributed by atoms with Gasteiger partial charge in [-0.3, -0.25) is 0 Å². The van der Waals surface area contributed by atoms with Crippen LogP contribution in [0.4, 0.5) is 14.5 Å². The van der Waals surface area contributed by atoms with Gasteiger partial charge in [0.1, 0.15) is 24.6 Å². The van der Waals surface area contributed by atoms with E-state index in [0.29, 0.717) is 30.8 Å². The van der Waals surface area contributed by atoms with Crippen molar-refractivity contribution in [3.05, 3.63) is 96.0 Å². The summed E-state index contributed by atoms with van der Waals surface area (Å²) in [6.07, 6.45) is 6.81. The average molecular weight is 466 g/mol. The normalized spacial score (nSPS) is 21.1. The molecule has 0 bridgehead atoms. The number of nitrogens with zero attached hydrogens (tertiary/aromatic N) is 5. The van der Waals surface area contributed by atoms with Crippen LogP contribution >= 0.6 is 11.9 Å². The number of hydrogen-bond acceptors (Lipinski definition) is 5. The molecule has 3 aromatic rings. The molecule has 1 unspecified atom stereocenters. The predicted molar refractivity (Wildman–Crippen MR) is 128 cm³/mol. The van der Waals surface area contributed by atoms with Gasteiger partial charge in [0, 0.05) is 28.4 Å². The van der Waals surface area contributed by atoms with Crippen LogP contribution in [0.15, 0.2) is 79.0 Å². The zero-order valence-corrected chi connectivity index (χ0v) is 19.1. The van der Waals surface area contributed by atoms with E-state index < -0.39 is 6.17 Å². The van der Waals surface area contributed by atoms with E-state index in [2.05, 4.69) is 38.8 Å². The number of halogens is 2. The fourth-order valence-corrected chi connectivity index (χ4v) is 5.28. The van der Waals surface area contributed by atoms with Gasteiger partial charge in [0.2, 0.25) is 0 Å². The number of alkyl halides is 1. The number of anilines is 1. The molecule has 2 atom stereocenters. The van der Waals surface area contributed by atoms with Gasteiger partial charge in [-0.25, -0.2) is 8.78 Å². The van der Waals surface area contributed by atoms with Crippen LogP contribution in [0.1, 0.15) is 30.5 Å². The summed E-state index contributed by atoms with van der Waals surface area (Å²) in [5.74, 6) is -0.270. The van der Waals surface area contributed by atoms with E-state index in [4.69, 9.17) is 0 Å². The zero-order chi connectivity index (χ0) is 22.8. The number of aromatic nitrogens is 3. The molecule has 0 radical (unpaired) electrons. The largest absolute Gasteiger partial charge is 0.368 e. The number of allylic oxidation sites excluding steroid dienone is 3. The van der Waals surface area contributed by atoms with E-state index in [1.807, 2.05) is 42.2 Å². The topological polar surface area (TPSA) is 37.2 Å². The van der Waals surface area contributed by atoms with Gasteiger partial charge < -0.3 is 13.8 Å². The minimum Gasteiger partial charge on any atom is -0.368 e. The molecule has 5 rings (SSSR count). The zero-order valence-electron chi connectivity index (χ0n) is 18.3. The third kappa shape index (κ3) is 4.66. The second kappa shape index (κ2) is 9.39. The van der Waals surface area contributed by atoms with Crippen molar-refractivity contribution < 1.29 is 8.78 Å². The molecule has 33 heavy (non-hydrogen) atoms. The Morgan fingerprint density at radius 3 is 2.58 bits per heavy atom. The highest BCUT2D eigenvalue weighted by atomic mass is 32.2. The number of rotatable bonds is 5. The van der Waals surface area contributed by atoms with Gasteiger partial charge >= 0.3 is 0 Å². The van der Waals surface area contributed by atoms with Crippen LogP contribution in [0, 0.1) is 5.82 Å². The van der Waals surface area contributed by atoms with Gasteiger partial charge in [-0.2, -0.15) is 0 Å². The Hall–Kier alpha value is -3.13. The van der Waals surface area contributed by atoms with E-state index in [-0.39, 0.29) is 18.4 Å². The first-order valence-corrected chi connectivity index (χ1v) is 11.8. The smallest absolute Gasteiger partial charge is 0.138 e. The summed E-state index contributed by atoms with van der Waals surface area (Å²) in [5, 5.41) is 7.55. The van der Waals surface area contributed by atoms with E-state index in [1.54, 1.807) is 29.2 Å². The van der Waals surface area contributed by atoms with Gasteiger partial charge in [-0.1, -0.05) is 36.4 Å². The molecule has 3 heterocycles. The van der Waals surface area contributed by atoms with Crippen molar-refractivity contribution in [3.63, 3.8) is 0 Å². The molecule has 0 spiro atoms. The fourth-order valence-electron chi connectivity index (χ4n) is 4.27. The quantitative estimate of drug-likeness (QED) is 0.458. The Morgan fingerprint density at radius 1 is 1.06 bits per heavy atom. The Labute approximate surface area is 196 Å². The number of hydrogen-bond donors (Lipinski definition) is 0. The maximum absolute atomic E-state index is 15.1. The molecule has 1 fully saturated rings. The maximum Gasteiger partial charge on any atom is 0.138 e. The number of benzene rings is 2. The second-order valence-electron chi connectivity index (χ2n) is 8.34. The lowest BCUT2D eigenvalue weighted by Gasteiger charge is -2.36. The molecule has 1 aromatic heterocycles. The Balaban J connectivity index is 1.26. The van der Waals surface area contributed by atoms with Crippen LogP contribution < -0.4 is 4.90 Å². The van der Waals surface area contributed by atoms with Crippen molar-refractivity contribution in [2.45, 2.75) is 32.1 Å². The lowest BCUT2D eigenvalue weighted by atomic mass is 10.0. The Morgan fingerprint density at radius 2 is 1.85 bits per heavy atom. The van der Waals surface area contributed by atoms with Crippen LogP contribution in [0.3, 0.4) is 0 Å². The first-order valence-electron chi connectivity index (χ1n) is 11.0. The highest BCUT2D eigenvalue weighted by molar-refractivity contribution is 8.06. The van der Waals surface area contributed by atoms with Crippen LogP contribution in [0.5, 0.6) is 0 Å². The van der Waals surface area contributed by atoms with Crippen molar-refractivity contribution in [1.29, 1.82) is 0 Å². The molecule has 2 aliphatic rings. The Bertz CT molecular complexity index is 1160. The van der Waals surface area contributed by atoms with Crippen LogP contribution in [-0.4, -0.2) is 38.3 Å². The van der Waals surface area contributed by atoms with E-state index in [9.17, 15) is 4.39 Å². The van der Waals surface area contributed by atoms with E-state index >= 15 is 4.39 Å². The average Bonchev–Trinajstić information content (AvgIpc) is 3.37. The SMILES string of the molecule is CC1=CC=C(c2ccccc2)SN1Cc1ccc(N2CC[C@@H](n3cnnc3)C(F)C2)cc1F. The second-order valence-corrected chi connectivity index (χ2v) is 9.40. The third-order valence-corrected chi connectivity index (χ3v) is 7.38. The van der Waals surface area contributed by atoms with Gasteiger partial charge in [0.25, 0.3) is 0 Å². The van der Waals surface area contributed by atoms with E-state index in [0.717, 1.165) is 16.2 Å². The molecule has 0 aliphatic carbocycles. The molecule has 1 saturated heterocycles. The summed E-state index contributed by atoms with van der Waals surface area (Å²) in [6, 6.07) is 15.1. The monoisotopic (exact) mass is 465 g/mol. The number of piperidine rings is 1. The summed E-state index contributed by atoms with van der Waals surface area (Å²) >= 11 is 1.61. The lowest BCUT2D eigenvalue weighted by molar-refractivity contribution is 0.199. The standard InChI is InChI=1S/C25H25F2N5S/c1-18-7-10-25(19-5-3-2-4-6-19)33-32(18)14-20-8-9-21(13-22(20)26)30-12-11-24(23(27)15-30)31-16-28-29-17-31/h2-10,13,16-17,23-24H,11-12,14-15H2,1H3/t23?,24-/m1/s1. The molecular weight excluding hydrogens is 440 g/mol. The predicted octanol–water partition coefficient (Wildman–Crippen LogP) is 5.62. The molecular formula is C25H25F2N5S. The summed E-state index contributed by atoms with van der Waals surface area (Å²) in [4.78, 5) is 3.04. The lowest BCUT2D eigenvalue weighted by Crippen LogP contribution is -2.42. The Kier molecular flexibility index (Phi) is 6.17. The van der Waals surface area contributed by atoms with Crippen molar-refractivity contribution in [3.8, 4) is 0 Å². The fraction of sp³-hybridized carbons (Fsp3) is 0.280. The molecule has 5 nitrogen and oxygen atoms in total. The van der Waals surface area contributed by atoms with Gasteiger partial charge in [0.15, 0.2) is 0 Å². The van der Waals surface area contributed by atoms with Crippen molar-refractivity contribution in [2.24, 2.45) is 0 Å². The first kappa shape index (κ1) is 21.7. The summed E-state index contributed by atoms with van der Waals surface area (Å²) in [7, 11) is 0. The summed E-state index contributed by atoms with van der Waals surface area (Å²) in [5.41, 5.74) is 3.54. The van der Waals surface area contributed by atoms with Gasteiger partial charge in [-0.05, 0) is 55.1 Å². The van der Waals surface area contributed by atoms with Crippen LogP contribution in [0.2, 0.25) is 0 Å². The van der Waals surface area contributed by atoms with Crippen LogP contribution in [0.25, 0.3) is 4.91 Å². The summed E-state index contributed by atoms with van der Waals surface area (Å²) in [6.45, 7) is 3.34.